The largest absolute Gasteiger partial charge is 0.515 e. The Kier molecular flexibility index (Phi) is 10.1. The minimum absolute atomic E-state index is 0.110. The maximum absolute atomic E-state index is 13.9. The first-order valence-corrected chi connectivity index (χ1v) is 18.3. The number of benzene rings is 2. The summed E-state index contributed by atoms with van der Waals surface area (Å²) in [5.41, 5.74) is 4.05. The van der Waals surface area contributed by atoms with Crippen molar-refractivity contribution in [1.82, 2.24) is 14.7 Å². The number of rotatable bonds is 7. The minimum Gasteiger partial charge on any atom is -0.435 e. The van der Waals surface area contributed by atoms with Crippen molar-refractivity contribution >= 4 is 40.0 Å². The SMILES string of the molecule is Cc1cc(C[N@+]2(C(=O)O)CCC(N3CCc4ccccc4NC3=O)CC2(CC=O)N2CCC(C3CCN(C)CC3)CC2)cc(C)c1Br. The Hall–Kier alpha value is -2.79. The molecule has 0 saturated carbocycles. The van der Waals surface area contributed by atoms with E-state index >= 15 is 0 Å². The molecule has 0 bridgehead atoms. The highest BCUT2D eigenvalue weighted by atomic mass is 79.9. The van der Waals surface area contributed by atoms with Gasteiger partial charge in [0, 0.05) is 54.2 Å². The van der Waals surface area contributed by atoms with Gasteiger partial charge in [-0.1, -0.05) is 34.1 Å². The summed E-state index contributed by atoms with van der Waals surface area (Å²) in [4.78, 5) is 47.1. The monoisotopic (exact) mass is 708 g/mol. The number of halogens is 1. The summed E-state index contributed by atoms with van der Waals surface area (Å²) < 4.78 is 0.808. The average Bonchev–Trinajstić information content (AvgIpc) is 3.23. The van der Waals surface area contributed by atoms with E-state index in [1.807, 2.05) is 36.9 Å². The second kappa shape index (κ2) is 14.0. The lowest BCUT2D eigenvalue weighted by Gasteiger charge is -2.59. The molecule has 4 aliphatic heterocycles. The fraction of sp³-hybridized carbons (Fsp3) is 0.595. The summed E-state index contributed by atoms with van der Waals surface area (Å²) in [5, 5.41) is 14.5. The molecule has 254 valence electrons. The predicted molar refractivity (Wildman–Crippen MR) is 187 cm³/mol. The lowest BCUT2D eigenvalue weighted by molar-refractivity contribution is -0.942. The van der Waals surface area contributed by atoms with Crippen molar-refractivity contribution < 1.29 is 24.0 Å². The number of likely N-dealkylation sites (tertiary alicyclic amines) is 3. The van der Waals surface area contributed by atoms with Crippen molar-refractivity contribution in [1.29, 1.82) is 0 Å². The van der Waals surface area contributed by atoms with E-state index in [2.05, 4.69) is 56.3 Å². The summed E-state index contributed by atoms with van der Waals surface area (Å²) in [6, 6.07) is 11.8. The fourth-order valence-corrected chi connectivity index (χ4v) is 9.68. The lowest BCUT2D eigenvalue weighted by atomic mass is 9.76. The Bertz CT molecular complexity index is 1460. The van der Waals surface area contributed by atoms with Gasteiger partial charge in [0.15, 0.2) is 5.66 Å². The molecule has 0 spiro atoms. The van der Waals surface area contributed by atoms with E-state index < -0.39 is 11.8 Å². The zero-order chi connectivity index (χ0) is 33.3. The van der Waals surface area contributed by atoms with Crippen molar-refractivity contribution in [3.8, 4) is 0 Å². The molecular weight excluding hydrogens is 658 g/mol. The third kappa shape index (κ3) is 6.51. The number of quaternary nitrogens is 1. The number of urea groups is 1. The molecule has 0 aliphatic carbocycles. The van der Waals surface area contributed by atoms with Gasteiger partial charge >= 0.3 is 12.1 Å². The van der Waals surface area contributed by atoms with E-state index in [0.717, 1.165) is 84.1 Å². The molecule has 3 saturated heterocycles. The van der Waals surface area contributed by atoms with Gasteiger partial charge in [-0.2, -0.15) is 4.79 Å². The number of carbonyl (C=O) groups excluding carboxylic acids is 2. The molecule has 3 fully saturated rings. The van der Waals surface area contributed by atoms with Crippen molar-refractivity contribution in [3.63, 3.8) is 0 Å². The van der Waals surface area contributed by atoms with E-state index in [9.17, 15) is 19.5 Å². The quantitative estimate of drug-likeness (QED) is 0.247. The zero-order valence-corrected chi connectivity index (χ0v) is 29.8. The first-order valence-electron chi connectivity index (χ1n) is 17.5. The number of aryl methyl sites for hydroxylation is 2. The molecule has 2 aromatic rings. The molecule has 4 aliphatic rings. The number of hydrogen-bond acceptors (Lipinski definition) is 5. The van der Waals surface area contributed by atoms with Crippen molar-refractivity contribution in [3.05, 3.63) is 63.1 Å². The van der Waals surface area contributed by atoms with E-state index in [4.69, 9.17) is 0 Å². The molecule has 2 N–H and O–H groups in total. The first-order chi connectivity index (χ1) is 22.6. The van der Waals surface area contributed by atoms with Crippen LogP contribution in [0.1, 0.15) is 67.2 Å². The molecule has 0 radical (unpaired) electrons. The normalized spacial score (nSPS) is 28.4. The van der Waals surface area contributed by atoms with Crippen LogP contribution in [0, 0.1) is 25.7 Å². The maximum Gasteiger partial charge on any atom is 0.515 e. The smallest absolute Gasteiger partial charge is 0.435 e. The number of para-hydroxylation sites is 1. The van der Waals surface area contributed by atoms with Gasteiger partial charge in [-0.15, -0.1) is 0 Å². The summed E-state index contributed by atoms with van der Waals surface area (Å²) in [5.74, 6) is 1.32. The number of anilines is 1. The van der Waals surface area contributed by atoms with Gasteiger partial charge in [-0.05, 0) is 113 Å². The van der Waals surface area contributed by atoms with Crippen LogP contribution >= 0.6 is 15.9 Å². The van der Waals surface area contributed by atoms with E-state index in [-0.39, 0.29) is 29.5 Å². The highest BCUT2D eigenvalue weighted by Gasteiger charge is 2.64. The van der Waals surface area contributed by atoms with Gasteiger partial charge in [0.05, 0.1) is 13.0 Å². The zero-order valence-electron chi connectivity index (χ0n) is 28.2. The van der Waals surface area contributed by atoms with Crippen molar-refractivity contribution in [2.75, 3.05) is 51.6 Å². The van der Waals surface area contributed by atoms with Gasteiger partial charge < -0.3 is 25.0 Å². The second-order valence-electron chi connectivity index (χ2n) is 14.7. The number of nitrogens with one attached hydrogen (secondary N) is 1. The Morgan fingerprint density at radius 2 is 1.66 bits per heavy atom. The predicted octanol–water partition coefficient (Wildman–Crippen LogP) is 6.65. The van der Waals surface area contributed by atoms with Crippen LogP contribution in [0.3, 0.4) is 0 Å². The summed E-state index contributed by atoms with van der Waals surface area (Å²) in [6.07, 6.45) is 6.32. The molecular formula is C37H51BrN5O4+. The van der Waals surface area contributed by atoms with E-state index in [0.29, 0.717) is 37.8 Å². The van der Waals surface area contributed by atoms with Crippen LogP contribution in [0.5, 0.6) is 0 Å². The molecule has 3 atom stereocenters. The third-order valence-corrected chi connectivity index (χ3v) is 13.3. The first kappa shape index (κ1) is 34.1. The molecule has 6 rings (SSSR count). The molecule has 2 aromatic carbocycles. The number of carboxylic acid groups (broad SMARTS) is 1. The number of piperidine rings is 3. The number of fused-ring (bicyclic) bond motifs is 1. The number of aldehydes is 1. The maximum atomic E-state index is 13.9. The summed E-state index contributed by atoms with van der Waals surface area (Å²) >= 11 is 3.69. The van der Waals surface area contributed by atoms with Crippen LogP contribution in [-0.2, 0) is 17.8 Å². The van der Waals surface area contributed by atoms with Crippen LogP contribution in [0.4, 0.5) is 15.3 Å². The number of nitrogens with zero attached hydrogens (tertiary/aromatic N) is 4. The average molecular weight is 710 g/mol. The molecule has 2 unspecified atom stereocenters. The number of carbonyl (C=O) groups is 3. The van der Waals surface area contributed by atoms with Gasteiger partial charge in [0.1, 0.15) is 12.8 Å². The minimum atomic E-state index is -0.984. The molecule has 0 aromatic heterocycles. The third-order valence-electron chi connectivity index (χ3n) is 12.1. The highest BCUT2D eigenvalue weighted by molar-refractivity contribution is 9.10. The topological polar surface area (TPSA) is 93.2 Å². The van der Waals surface area contributed by atoms with Crippen molar-refractivity contribution in [2.45, 2.75) is 83.5 Å². The highest BCUT2D eigenvalue weighted by Crippen LogP contribution is 2.47. The Balaban J connectivity index is 1.36. The molecule has 9 nitrogen and oxygen atoms in total. The van der Waals surface area contributed by atoms with E-state index in [1.165, 1.54) is 12.8 Å². The van der Waals surface area contributed by atoms with Gasteiger partial charge in [-0.25, -0.2) is 9.28 Å². The molecule has 3 amide bonds. The molecule has 4 heterocycles. The Morgan fingerprint density at radius 3 is 2.30 bits per heavy atom. The number of amides is 3. The Labute approximate surface area is 288 Å². The van der Waals surface area contributed by atoms with Crippen LogP contribution in [0.25, 0.3) is 0 Å². The molecule has 10 heteroatoms. The van der Waals surface area contributed by atoms with Crippen LogP contribution in [-0.4, -0.2) is 101 Å². The van der Waals surface area contributed by atoms with Gasteiger partial charge in [-0.3, -0.25) is 4.90 Å². The standard InChI is InChI=1S/C37H50BrN5O4/c1-26-22-28(23-27(2)34(26)38)25-43(36(46)47)20-13-32(42-19-12-31-6-4-5-7-33(31)39-35(42)45)24-37(43,14-21-44)41-17-10-30(11-18-41)29-8-15-40(3)16-9-29/h4-7,21-23,29-30,32H,8-20,24-25H2,1-3H3,(H-,39,45,46,47)/p+1/t32?,37?,43-/m0/s1. The fourth-order valence-electron chi connectivity index (χ4n) is 9.45. The number of hydrogen-bond donors (Lipinski definition) is 2. The van der Waals surface area contributed by atoms with Crippen LogP contribution < -0.4 is 5.32 Å². The van der Waals surface area contributed by atoms with Gasteiger partial charge in [0.25, 0.3) is 0 Å². The van der Waals surface area contributed by atoms with Gasteiger partial charge in [0.2, 0.25) is 0 Å². The second-order valence-corrected chi connectivity index (χ2v) is 15.5. The van der Waals surface area contributed by atoms with Crippen LogP contribution in [0.15, 0.2) is 40.9 Å². The molecule has 47 heavy (non-hydrogen) atoms. The van der Waals surface area contributed by atoms with Crippen molar-refractivity contribution in [2.24, 2.45) is 11.8 Å². The summed E-state index contributed by atoms with van der Waals surface area (Å²) in [7, 11) is 2.20. The van der Waals surface area contributed by atoms with E-state index in [1.54, 1.807) is 0 Å². The van der Waals surface area contributed by atoms with Crippen LogP contribution in [0.2, 0.25) is 0 Å². The summed E-state index contributed by atoms with van der Waals surface area (Å²) in [6.45, 7) is 9.07. The lowest BCUT2D eigenvalue weighted by Crippen LogP contribution is -2.78. The Morgan fingerprint density at radius 1 is 1.02 bits per heavy atom.